The predicted octanol–water partition coefficient (Wildman–Crippen LogP) is 5.08. The topological polar surface area (TPSA) is 58.2 Å². The number of carbonyl (C=O) groups is 1. The average molecular weight is 396 g/mol. The summed E-state index contributed by atoms with van der Waals surface area (Å²) in [6.07, 6.45) is 0. The summed E-state index contributed by atoms with van der Waals surface area (Å²) < 4.78 is 5.57. The lowest BCUT2D eigenvalue weighted by Crippen LogP contribution is -2.35. The summed E-state index contributed by atoms with van der Waals surface area (Å²) in [6.45, 7) is 6.63. The lowest BCUT2D eigenvalue weighted by molar-refractivity contribution is 0.0688. The van der Waals surface area contributed by atoms with Crippen molar-refractivity contribution in [3.05, 3.63) is 70.4 Å². The molecule has 1 unspecified atom stereocenters. The summed E-state index contributed by atoms with van der Waals surface area (Å²) in [7, 11) is 0. The number of aromatic nitrogens is 2. The Morgan fingerprint density at radius 2 is 1.82 bits per heavy atom. The van der Waals surface area contributed by atoms with Crippen LogP contribution >= 0.6 is 11.6 Å². The van der Waals surface area contributed by atoms with Crippen LogP contribution in [-0.2, 0) is 0 Å². The van der Waals surface area contributed by atoms with Crippen LogP contribution in [-0.4, -0.2) is 33.7 Å². The largest absolute Gasteiger partial charge is 0.494 e. The van der Waals surface area contributed by atoms with Crippen molar-refractivity contribution in [1.29, 1.82) is 0 Å². The van der Waals surface area contributed by atoms with Crippen molar-refractivity contribution in [3.8, 4) is 17.0 Å². The van der Waals surface area contributed by atoms with Gasteiger partial charge in [0.1, 0.15) is 11.4 Å². The number of nitrogens with one attached hydrogen (secondary N) is 1. The monoisotopic (exact) mass is 395 g/mol. The standard InChI is InChI=1S/C22H22ClN3O2/c1-4-28-17-11-7-15(8-12-17)21-18-19(14-5-9-16(23)10-6-14)24-25-20(18)22(27)26(21)13(2)3/h5-13,21H,4H2,1-3H3,(H,24,25). The number of ether oxygens (including phenoxy) is 1. The van der Waals surface area contributed by atoms with E-state index in [1.54, 1.807) is 0 Å². The van der Waals surface area contributed by atoms with Crippen LogP contribution in [0.5, 0.6) is 5.75 Å². The van der Waals surface area contributed by atoms with Gasteiger partial charge in [-0.25, -0.2) is 0 Å². The molecule has 1 amide bonds. The van der Waals surface area contributed by atoms with Crippen molar-refractivity contribution in [1.82, 2.24) is 15.1 Å². The molecule has 3 aromatic rings. The molecular formula is C22H22ClN3O2. The zero-order valence-corrected chi connectivity index (χ0v) is 16.8. The number of H-pyrrole nitrogens is 1. The third-order valence-corrected chi connectivity index (χ3v) is 5.24. The maximum Gasteiger partial charge on any atom is 0.273 e. The van der Waals surface area contributed by atoms with Crippen LogP contribution < -0.4 is 4.74 Å². The van der Waals surface area contributed by atoms with E-state index in [4.69, 9.17) is 16.3 Å². The van der Waals surface area contributed by atoms with E-state index in [0.29, 0.717) is 17.3 Å². The number of hydrogen-bond acceptors (Lipinski definition) is 3. The smallest absolute Gasteiger partial charge is 0.273 e. The van der Waals surface area contributed by atoms with Crippen LogP contribution in [0.1, 0.15) is 48.4 Å². The fraction of sp³-hybridized carbons (Fsp3) is 0.273. The van der Waals surface area contributed by atoms with Crippen LogP contribution in [0, 0.1) is 0 Å². The van der Waals surface area contributed by atoms with E-state index in [9.17, 15) is 4.79 Å². The molecule has 0 aliphatic carbocycles. The number of benzene rings is 2. The molecule has 0 saturated heterocycles. The molecule has 4 rings (SSSR count). The van der Waals surface area contributed by atoms with E-state index in [2.05, 4.69) is 10.2 Å². The highest BCUT2D eigenvalue weighted by molar-refractivity contribution is 6.30. The lowest BCUT2D eigenvalue weighted by Gasteiger charge is -2.30. The Kier molecular flexibility index (Phi) is 4.85. The molecule has 0 saturated carbocycles. The van der Waals surface area contributed by atoms with Gasteiger partial charge >= 0.3 is 0 Å². The van der Waals surface area contributed by atoms with Gasteiger partial charge in [-0.05, 0) is 50.6 Å². The Morgan fingerprint density at radius 1 is 1.14 bits per heavy atom. The van der Waals surface area contributed by atoms with E-state index in [0.717, 1.165) is 28.1 Å². The first-order valence-corrected chi connectivity index (χ1v) is 9.78. The molecule has 0 radical (unpaired) electrons. The van der Waals surface area contributed by atoms with Crippen molar-refractivity contribution in [2.75, 3.05) is 6.61 Å². The first kappa shape index (κ1) is 18.6. The number of halogens is 1. The van der Waals surface area contributed by atoms with Crippen molar-refractivity contribution in [2.45, 2.75) is 32.9 Å². The second-order valence-corrected chi connectivity index (χ2v) is 7.51. The van der Waals surface area contributed by atoms with Gasteiger partial charge in [-0.15, -0.1) is 0 Å². The third-order valence-electron chi connectivity index (χ3n) is 4.98. The molecule has 5 nitrogen and oxygen atoms in total. The van der Waals surface area contributed by atoms with Gasteiger partial charge in [0.05, 0.1) is 18.3 Å². The first-order valence-electron chi connectivity index (χ1n) is 9.41. The van der Waals surface area contributed by atoms with Crippen LogP contribution in [0.25, 0.3) is 11.3 Å². The maximum absolute atomic E-state index is 13.1. The van der Waals surface area contributed by atoms with Gasteiger partial charge in [-0.2, -0.15) is 5.10 Å². The Balaban J connectivity index is 1.84. The number of hydrogen-bond donors (Lipinski definition) is 1. The molecule has 1 N–H and O–H groups in total. The normalized spacial score (nSPS) is 16.0. The van der Waals surface area contributed by atoms with E-state index in [1.165, 1.54) is 0 Å². The Labute approximate surface area is 169 Å². The number of rotatable bonds is 5. The highest BCUT2D eigenvalue weighted by Gasteiger charge is 2.43. The zero-order valence-electron chi connectivity index (χ0n) is 16.1. The van der Waals surface area contributed by atoms with Crippen molar-refractivity contribution >= 4 is 17.5 Å². The molecule has 1 aliphatic heterocycles. The molecule has 2 aromatic carbocycles. The molecule has 1 aromatic heterocycles. The fourth-order valence-electron chi connectivity index (χ4n) is 3.77. The minimum atomic E-state index is -0.206. The molecular weight excluding hydrogens is 374 g/mol. The van der Waals surface area contributed by atoms with Crippen molar-refractivity contribution < 1.29 is 9.53 Å². The van der Waals surface area contributed by atoms with E-state index in [1.807, 2.05) is 74.2 Å². The number of carbonyl (C=O) groups excluding carboxylic acids is 1. The summed E-state index contributed by atoms with van der Waals surface area (Å²) >= 11 is 6.04. The number of nitrogens with zero attached hydrogens (tertiary/aromatic N) is 2. The van der Waals surface area contributed by atoms with Gasteiger partial charge < -0.3 is 9.64 Å². The summed E-state index contributed by atoms with van der Waals surface area (Å²) in [6, 6.07) is 15.3. The molecule has 0 spiro atoms. The Morgan fingerprint density at radius 3 is 2.43 bits per heavy atom. The van der Waals surface area contributed by atoms with Gasteiger partial charge in [0.25, 0.3) is 5.91 Å². The van der Waals surface area contributed by atoms with Crippen LogP contribution in [0.4, 0.5) is 0 Å². The second-order valence-electron chi connectivity index (χ2n) is 7.08. The van der Waals surface area contributed by atoms with Gasteiger partial charge in [0.15, 0.2) is 0 Å². The molecule has 2 heterocycles. The lowest BCUT2D eigenvalue weighted by atomic mass is 9.95. The van der Waals surface area contributed by atoms with Crippen molar-refractivity contribution in [2.24, 2.45) is 0 Å². The fourth-order valence-corrected chi connectivity index (χ4v) is 3.89. The van der Waals surface area contributed by atoms with Gasteiger partial charge in [-0.1, -0.05) is 35.9 Å². The van der Waals surface area contributed by atoms with Crippen LogP contribution in [0.3, 0.4) is 0 Å². The van der Waals surface area contributed by atoms with Crippen molar-refractivity contribution in [3.63, 3.8) is 0 Å². The minimum Gasteiger partial charge on any atom is -0.494 e. The molecule has 1 aliphatic rings. The quantitative estimate of drug-likeness (QED) is 0.655. The molecule has 1 atom stereocenters. The molecule has 6 heteroatoms. The Hall–Kier alpha value is -2.79. The van der Waals surface area contributed by atoms with Gasteiger partial charge in [0, 0.05) is 22.2 Å². The predicted molar refractivity (Wildman–Crippen MR) is 110 cm³/mol. The van der Waals surface area contributed by atoms with Crippen LogP contribution in [0.2, 0.25) is 5.02 Å². The summed E-state index contributed by atoms with van der Waals surface area (Å²) in [5, 5.41) is 8.10. The highest BCUT2D eigenvalue weighted by atomic mass is 35.5. The third kappa shape index (κ3) is 3.06. The molecule has 28 heavy (non-hydrogen) atoms. The van der Waals surface area contributed by atoms with Gasteiger partial charge in [-0.3, -0.25) is 9.89 Å². The van der Waals surface area contributed by atoms with Gasteiger partial charge in [0.2, 0.25) is 0 Å². The highest BCUT2D eigenvalue weighted by Crippen LogP contribution is 2.44. The Bertz CT molecular complexity index is 994. The molecule has 0 bridgehead atoms. The maximum atomic E-state index is 13.1. The van der Waals surface area contributed by atoms with E-state index < -0.39 is 0 Å². The molecule has 144 valence electrons. The van der Waals surface area contributed by atoms with E-state index in [-0.39, 0.29) is 18.0 Å². The number of aromatic amines is 1. The first-order chi connectivity index (χ1) is 13.5. The second kappa shape index (κ2) is 7.32. The van der Waals surface area contributed by atoms with Crippen LogP contribution in [0.15, 0.2) is 48.5 Å². The van der Waals surface area contributed by atoms with E-state index >= 15 is 0 Å². The summed E-state index contributed by atoms with van der Waals surface area (Å²) in [5.41, 5.74) is 4.20. The number of amides is 1. The summed E-state index contributed by atoms with van der Waals surface area (Å²) in [5.74, 6) is 0.786. The summed E-state index contributed by atoms with van der Waals surface area (Å²) in [4.78, 5) is 15.0. The number of fused-ring (bicyclic) bond motifs is 1. The molecule has 0 fully saturated rings. The average Bonchev–Trinajstić information content (AvgIpc) is 3.23. The SMILES string of the molecule is CCOc1ccc(C2c3c(-c4ccc(Cl)cc4)n[nH]c3C(=O)N2C(C)C)cc1. The minimum absolute atomic E-state index is 0.0309. The zero-order chi connectivity index (χ0) is 19.8.